The standard InChI is InChI=1S/C52H33NOS/c1-2-20-42-34(12-1)13-10-23-43(42)37-15-8-18-40(31-37)53(39-17-7-14-35(30-39)36-28-29-49-47(33-36)45-21-3-5-25-48(45)54-49)41-19-9-16-38(32-41)44-24-11-27-51-52(44)46-22-4-6-26-50(46)55-51/h1-33H. The lowest BCUT2D eigenvalue weighted by molar-refractivity contribution is 0.669. The predicted molar refractivity (Wildman–Crippen MR) is 235 cm³/mol. The maximum absolute atomic E-state index is 6.18. The van der Waals surface area contributed by atoms with Crippen molar-refractivity contribution in [2.75, 3.05) is 4.90 Å². The van der Waals surface area contributed by atoms with Crippen LogP contribution in [0.1, 0.15) is 0 Å². The number of hydrogen-bond donors (Lipinski definition) is 0. The van der Waals surface area contributed by atoms with Crippen molar-refractivity contribution in [2.24, 2.45) is 0 Å². The maximum atomic E-state index is 6.18. The summed E-state index contributed by atoms with van der Waals surface area (Å²) in [6.07, 6.45) is 0. The van der Waals surface area contributed by atoms with E-state index in [1.807, 2.05) is 23.5 Å². The molecule has 11 aromatic rings. The average molecular weight is 720 g/mol. The van der Waals surface area contributed by atoms with Gasteiger partial charge in [-0.2, -0.15) is 0 Å². The van der Waals surface area contributed by atoms with Crippen molar-refractivity contribution in [1.29, 1.82) is 0 Å². The molecule has 11 rings (SSSR count). The van der Waals surface area contributed by atoms with Crippen LogP contribution in [0, 0.1) is 0 Å². The Kier molecular flexibility index (Phi) is 7.39. The molecular formula is C52H33NOS. The van der Waals surface area contributed by atoms with Gasteiger partial charge in [0.25, 0.3) is 0 Å². The molecule has 0 saturated heterocycles. The zero-order valence-electron chi connectivity index (χ0n) is 29.8. The largest absolute Gasteiger partial charge is 0.456 e. The van der Waals surface area contributed by atoms with Gasteiger partial charge < -0.3 is 9.32 Å². The third-order valence-electron chi connectivity index (χ3n) is 10.8. The summed E-state index contributed by atoms with van der Waals surface area (Å²) in [4.78, 5) is 2.40. The van der Waals surface area contributed by atoms with Gasteiger partial charge in [-0.1, -0.05) is 133 Å². The molecule has 0 aliphatic carbocycles. The zero-order valence-corrected chi connectivity index (χ0v) is 30.6. The van der Waals surface area contributed by atoms with Crippen molar-refractivity contribution in [2.45, 2.75) is 0 Å². The third kappa shape index (κ3) is 5.40. The molecule has 0 radical (unpaired) electrons. The highest BCUT2D eigenvalue weighted by molar-refractivity contribution is 7.25. The first-order valence-corrected chi connectivity index (χ1v) is 19.5. The monoisotopic (exact) mass is 719 g/mol. The molecule has 0 amide bonds. The lowest BCUT2D eigenvalue weighted by atomic mass is 9.97. The Hall–Kier alpha value is -6.94. The second kappa shape index (κ2) is 12.9. The molecule has 2 aromatic heterocycles. The van der Waals surface area contributed by atoms with E-state index in [0.717, 1.165) is 50.1 Å². The van der Waals surface area contributed by atoms with Crippen LogP contribution in [0.4, 0.5) is 17.1 Å². The number of fused-ring (bicyclic) bond motifs is 7. The number of hydrogen-bond acceptors (Lipinski definition) is 3. The second-order valence-electron chi connectivity index (χ2n) is 14.1. The third-order valence-corrected chi connectivity index (χ3v) is 12.0. The average Bonchev–Trinajstić information content (AvgIpc) is 3.82. The van der Waals surface area contributed by atoms with Gasteiger partial charge in [-0.3, -0.25) is 0 Å². The predicted octanol–water partition coefficient (Wildman–Crippen LogP) is 15.6. The number of para-hydroxylation sites is 1. The first-order valence-electron chi connectivity index (χ1n) is 18.7. The number of furan rings is 1. The quantitative estimate of drug-likeness (QED) is 0.170. The van der Waals surface area contributed by atoms with E-state index >= 15 is 0 Å². The lowest BCUT2D eigenvalue weighted by Gasteiger charge is -2.27. The van der Waals surface area contributed by atoms with Crippen LogP contribution in [-0.4, -0.2) is 0 Å². The minimum atomic E-state index is 0.901. The Bertz CT molecular complexity index is 3240. The van der Waals surface area contributed by atoms with E-state index in [2.05, 4.69) is 193 Å². The van der Waals surface area contributed by atoms with Gasteiger partial charge in [-0.25, -0.2) is 0 Å². The normalized spacial score (nSPS) is 11.6. The number of rotatable bonds is 6. The lowest BCUT2D eigenvalue weighted by Crippen LogP contribution is -2.10. The molecule has 0 saturated carbocycles. The first-order chi connectivity index (χ1) is 27.2. The first kappa shape index (κ1) is 31.6. The molecule has 0 unspecified atom stereocenters. The topological polar surface area (TPSA) is 16.4 Å². The Morgan fingerprint density at radius 3 is 1.71 bits per heavy atom. The van der Waals surface area contributed by atoms with Crippen LogP contribution in [0.3, 0.4) is 0 Å². The van der Waals surface area contributed by atoms with E-state index in [0.29, 0.717) is 0 Å². The Labute approximate surface area is 322 Å². The van der Waals surface area contributed by atoms with Crippen LogP contribution in [-0.2, 0) is 0 Å². The number of anilines is 3. The Morgan fingerprint density at radius 2 is 0.891 bits per heavy atom. The highest BCUT2D eigenvalue weighted by Gasteiger charge is 2.18. The molecule has 0 aliphatic rings. The van der Waals surface area contributed by atoms with Crippen molar-refractivity contribution in [3.63, 3.8) is 0 Å². The summed E-state index contributed by atoms with van der Waals surface area (Å²) in [7, 11) is 0. The maximum Gasteiger partial charge on any atom is 0.135 e. The highest BCUT2D eigenvalue weighted by atomic mass is 32.1. The SMILES string of the molecule is c1cc(-c2ccc3oc4ccccc4c3c2)cc(N(c2cccc(-c3cccc4ccccc34)c2)c2cccc(-c3cccc4sc5ccccc5c34)c2)c1. The molecule has 0 aliphatic heterocycles. The summed E-state index contributed by atoms with van der Waals surface area (Å²) in [5.41, 5.74) is 12.2. The van der Waals surface area contributed by atoms with Crippen molar-refractivity contribution in [3.05, 3.63) is 200 Å². The van der Waals surface area contributed by atoms with E-state index in [4.69, 9.17) is 4.42 Å². The smallest absolute Gasteiger partial charge is 0.135 e. The molecule has 258 valence electrons. The van der Waals surface area contributed by atoms with Crippen molar-refractivity contribution in [1.82, 2.24) is 0 Å². The van der Waals surface area contributed by atoms with Crippen LogP contribution in [0.15, 0.2) is 205 Å². The molecule has 0 atom stereocenters. The van der Waals surface area contributed by atoms with Gasteiger partial charge in [0.1, 0.15) is 11.2 Å². The van der Waals surface area contributed by atoms with E-state index in [9.17, 15) is 0 Å². The van der Waals surface area contributed by atoms with E-state index in [-0.39, 0.29) is 0 Å². The fraction of sp³-hybridized carbons (Fsp3) is 0. The number of nitrogens with zero attached hydrogens (tertiary/aromatic N) is 1. The summed E-state index contributed by atoms with van der Waals surface area (Å²) in [6.45, 7) is 0. The zero-order chi connectivity index (χ0) is 36.3. The molecule has 0 bridgehead atoms. The van der Waals surface area contributed by atoms with Gasteiger partial charge in [-0.15, -0.1) is 11.3 Å². The fourth-order valence-electron chi connectivity index (χ4n) is 8.29. The molecule has 55 heavy (non-hydrogen) atoms. The minimum Gasteiger partial charge on any atom is -0.456 e. The Morgan fingerprint density at radius 1 is 0.345 bits per heavy atom. The molecule has 0 N–H and O–H groups in total. The molecule has 3 heteroatoms. The van der Waals surface area contributed by atoms with Gasteiger partial charge in [0.2, 0.25) is 0 Å². The highest BCUT2D eigenvalue weighted by Crippen LogP contribution is 2.44. The minimum absolute atomic E-state index is 0.901. The van der Waals surface area contributed by atoms with Gasteiger partial charge in [0.15, 0.2) is 0 Å². The van der Waals surface area contributed by atoms with Gasteiger partial charge in [-0.05, 0) is 111 Å². The second-order valence-corrected chi connectivity index (χ2v) is 15.2. The van der Waals surface area contributed by atoms with Crippen LogP contribution in [0.5, 0.6) is 0 Å². The summed E-state index contributed by atoms with van der Waals surface area (Å²) in [6, 6.07) is 72.4. The summed E-state index contributed by atoms with van der Waals surface area (Å²) >= 11 is 1.86. The van der Waals surface area contributed by atoms with Crippen LogP contribution < -0.4 is 4.90 Å². The van der Waals surface area contributed by atoms with Gasteiger partial charge >= 0.3 is 0 Å². The number of thiophene rings is 1. The summed E-state index contributed by atoms with van der Waals surface area (Å²) in [5.74, 6) is 0. The molecular weight excluding hydrogens is 687 g/mol. The van der Waals surface area contributed by atoms with Gasteiger partial charge in [0.05, 0.1) is 0 Å². The van der Waals surface area contributed by atoms with E-state index < -0.39 is 0 Å². The Balaban J connectivity index is 1.09. The van der Waals surface area contributed by atoms with Crippen molar-refractivity contribution < 1.29 is 4.42 Å². The van der Waals surface area contributed by atoms with E-state index in [1.54, 1.807) is 0 Å². The summed E-state index contributed by atoms with van der Waals surface area (Å²) < 4.78 is 8.80. The number of benzene rings is 9. The molecule has 0 spiro atoms. The van der Waals surface area contributed by atoms with Crippen molar-refractivity contribution in [3.8, 4) is 33.4 Å². The summed E-state index contributed by atoms with van der Waals surface area (Å²) in [5, 5.41) is 7.36. The van der Waals surface area contributed by atoms with Crippen molar-refractivity contribution >= 4 is 81.3 Å². The fourth-order valence-corrected chi connectivity index (χ4v) is 9.43. The molecule has 2 nitrogen and oxygen atoms in total. The molecule has 2 heterocycles. The van der Waals surface area contributed by atoms with Gasteiger partial charge in [0, 0.05) is 48.0 Å². The molecule has 9 aromatic carbocycles. The van der Waals surface area contributed by atoms with E-state index in [1.165, 1.54) is 53.2 Å². The van der Waals surface area contributed by atoms with Crippen LogP contribution in [0.2, 0.25) is 0 Å². The molecule has 0 fully saturated rings. The van der Waals surface area contributed by atoms with Crippen LogP contribution >= 0.6 is 11.3 Å². The van der Waals surface area contributed by atoms with Crippen LogP contribution in [0.25, 0.3) is 86.3 Å².